The minimum atomic E-state index is -4.34. The maximum Gasteiger partial charge on any atom is 0.416 e. The number of nitrogens with zero attached hydrogens (tertiary/aromatic N) is 1. The molecule has 10 heteroatoms. The molecule has 0 bridgehead atoms. The highest BCUT2D eigenvalue weighted by atomic mass is 19.4. The van der Waals surface area contributed by atoms with E-state index in [-0.39, 0.29) is 11.8 Å². The number of ether oxygens (including phenoxy) is 1. The van der Waals surface area contributed by atoms with Crippen molar-refractivity contribution >= 4 is 17.8 Å². The van der Waals surface area contributed by atoms with Crippen LogP contribution >= 0.6 is 0 Å². The molecule has 1 fully saturated rings. The Labute approximate surface area is 255 Å². The number of nitriles is 1. The average molecular weight is 609 g/mol. The largest absolute Gasteiger partial charge is 0.416 e. The molecule has 232 valence electrons. The Morgan fingerprint density at radius 3 is 2.41 bits per heavy atom. The molecule has 1 amide bonds. The first-order valence-electron chi connectivity index (χ1n) is 14.2. The molecule has 1 unspecified atom stereocenters. The number of anilines is 2. The van der Waals surface area contributed by atoms with E-state index in [1.165, 1.54) is 25.0 Å². The van der Waals surface area contributed by atoms with Crippen LogP contribution < -0.4 is 16.4 Å². The van der Waals surface area contributed by atoms with E-state index in [4.69, 9.17) is 15.7 Å². The van der Waals surface area contributed by atoms with Crippen LogP contribution in [0.3, 0.4) is 0 Å². The van der Waals surface area contributed by atoms with Crippen LogP contribution in [0.2, 0.25) is 0 Å². The van der Waals surface area contributed by atoms with Crippen molar-refractivity contribution in [2.24, 2.45) is 11.7 Å². The SMILES string of the molecule is CC/C=C(/C=C(/C)Nc1cccc(CN)c1)C(F)(F)F.N#Cc1ccc(C(OCC2CC2)c2ccc(F)c(NC=O)c2)cc1. The molecular formula is C34H36F4N4O2. The maximum absolute atomic E-state index is 13.7. The Kier molecular flexibility index (Phi) is 12.7. The first kappa shape index (κ1) is 34.0. The van der Waals surface area contributed by atoms with Crippen LogP contribution in [0.1, 0.15) is 61.5 Å². The predicted octanol–water partition coefficient (Wildman–Crippen LogP) is 8.14. The molecule has 6 nitrogen and oxygen atoms in total. The zero-order valence-corrected chi connectivity index (χ0v) is 24.6. The summed E-state index contributed by atoms with van der Waals surface area (Å²) in [5.74, 6) is 0.0884. The molecule has 3 aromatic rings. The van der Waals surface area contributed by atoms with Crippen LogP contribution in [0.15, 0.2) is 90.2 Å². The third-order valence-corrected chi connectivity index (χ3v) is 6.67. The molecule has 3 aromatic carbocycles. The highest BCUT2D eigenvalue weighted by molar-refractivity contribution is 5.72. The lowest BCUT2D eigenvalue weighted by Gasteiger charge is -2.20. The van der Waals surface area contributed by atoms with Crippen molar-refractivity contribution in [3.63, 3.8) is 0 Å². The van der Waals surface area contributed by atoms with Gasteiger partial charge in [0, 0.05) is 17.9 Å². The number of halogens is 4. The lowest BCUT2D eigenvalue weighted by atomic mass is 9.99. The molecule has 0 spiro atoms. The zero-order chi connectivity index (χ0) is 32.1. The topological polar surface area (TPSA) is 100 Å². The molecule has 4 rings (SSSR count). The van der Waals surface area contributed by atoms with Crippen LogP contribution in [0, 0.1) is 23.1 Å². The van der Waals surface area contributed by atoms with E-state index in [0.717, 1.165) is 28.5 Å². The molecule has 1 aliphatic carbocycles. The van der Waals surface area contributed by atoms with Gasteiger partial charge in [0.2, 0.25) is 6.41 Å². The van der Waals surface area contributed by atoms with Crippen molar-refractivity contribution in [2.45, 2.75) is 51.9 Å². The molecule has 0 aromatic heterocycles. The summed E-state index contributed by atoms with van der Waals surface area (Å²) < 4.78 is 58.1. The number of benzene rings is 3. The fourth-order valence-electron chi connectivity index (χ4n) is 4.26. The van der Waals surface area contributed by atoms with E-state index < -0.39 is 17.6 Å². The van der Waals surface area contributed by atoms with E-state index >= 15 is 0 Å². The van der Waals surface area contributed by atoms with Gasteiger partial charge in [0.05, 0.1) is 29.5 Å². The predicted molar refractivity (Wildman–Crippen MR) is 164 cm³/mol. The summed E-state index contributed by atoms with van der Waals surface area (Å²) in [7, 11) is 0. The van der Waals surface area contributed by atoms with Crippen molar-refractivity contribution in [3.05, 3.63) is 118 Å². The Morgan fingerprint density at radius 1 is 1.11 bits per heavy atom. The molecule has 0 aliphatic heterocycles. The normalized spacial score (nSPS) is 14.1. The first-order valence-corrected chi connectivity index (χ1v) is 14.2. The van der Waals surface area contributed by atoms with Gasteiger partial charge in [-0.3, -0.25) is 4.79 Å². The van der Waals surface area contributed by atoms with Gasteiger partial charge in [-0.15, -0.1) is 0 Å². The lowest BCUT2D eigenvalue weighted by molar-refractivity contribution is -0.105. The van der Waals surface area contributed by atoms with Crippen LogP contribution in [-0.2, 0) is 16.1 Å². The molecule has 1 atom stereocenters. The number of nitrogens with two attached hydrogens (primary N) is 1. The van der Waals surface area contributed by atoms with Crippen molar-refractivity contribution < 1.29 is 27.1 Å². The summed E-state index contributed by atoms with van der Waals surface area (Å²) in [4.78, 5) is 10.6. The number of hydrogen-bond donors (Lipinski definition) is 3. The van der Waals surface area contributed by atoms with E-state index in [2.05, 4.69) is 16.7 Å². The quantitative estimate of drug-likeness (QED) is 0.110. The van der Waals surface area contributed by atoms with Crippen LogP contribution in [-0.4, -0.2) is 19.2 Å². The van der Waals surface area contributed by atoms with E-state index in [0.29, 0.717) is 43.2 Å². The van der Waals surface area contributed by atoms with E-state index in [9.17, 15) is 22.4 Å². The van der Waals surface area contributed by atoms with Crippen molar-refractivity contribution in [1.29, 1.82) is 5.26 Å². The highest BCUT2D eigenvalue weighted by Crippen LogP contribution is 2.34. The molecule has 0 saturated heterocycles. The molecule has 0 radical (unpaired) electrons. The Morgan fingerprint density at radius 2 is 1.82 bits per heavy atom. The van der Waals surface area contributed by atoms with Gasteiger partial charge < -0.3 is 21.1 Å². The van der Waals surface area contributed by atoms with Crippen molar-refractivity contribution in [2.75, 3.05) is 17.2 Å². The van der Waals surface area contributed by atoms with Gasteiger partial charge in [-0.25, -0.2) is 4.39 Å². The fourth-order valence-corrected chi connectivity index (χ4v) is 4.26. The molecule has 44 heavy (non-hydrogen) atoms. The third kappa shape index (κ3) is 10.7. The number of carbonyl (C=O) groups excluding carboxylic acids is 1. The molecule has 4 N–H and O–H groups in total. The third-order valence-electron chi connectivity index (χ3n) is 6.67. The Bertz CT molecular complexity index is 1490. The summed E-state index contributed by atoms with van der Waals surface area (Å²) in [5.41, 5.74) is 9.29. The number of carbonyl (C=O) groups is 1. The van der Waals surface area contributed by atoms with Gasteiger partial charge >= 0.3 is 6.18 Å². The Balaban J connectivity index is 0.000000245. The number of alkyl halides is 3. The maximum atomic E-state index is 13.7. The van der Waals surface area contributed by atoms with Crippen LogP contribution in [0.25, 0.3) is 0 Å². The van der Waals surface area contributed by atoms with Crippen molar-refractivity contribution in [3.8, 4) is 6.07 Å². The lowest BCUT2D eigenvalue weighted by Crippen LogP contribution is -2.11. The summed E-state index contributed by atoms with van der Waals surface area (Å²) in [6.07, 6.45) is 0.693. The second-order valence-corrected chi connectivity index (χ2v) is 10.3. The number of hydrogen-bond acceptors (Lipinski definition) is 5. The van der Waals surface area contributed by atoms with Gasteiger partial charge in [-0.1, -0.05) is 43.3 Å². The van der Waals surface area contributed by atoms with Crippen molar-refractivity contribution in [1.82, 2.24) is 0 Å². The summed E-state index contributed by atoms with van der Waals surface area (Å²) in [5, 5.41) is 14.2. The zero-order valence-electron chi connectivity index (χ0n) is 24.6. The molecule has 0 heterocycles. The number of allylic oxidation sites excluding steroid dienone is 4. The van der Waals surface area contributed by atoms with Gasteiger partial charge in [0.25, 0.3) is 0 Å². The summed E-state index contributed by atoms with van der Waals surface area (Å²) in [6, 6.07) is 21.1. The second kappa shape index (κ2) is 16.4. The van der Waals surface area contributed by atoms with Crippen LogP contribution in [0.5, 0.6) is 0 Å². The molecular weight excluding hydrogens is 572 g/mol. The molecule has 1 aliphatic rings. The van der Waals surface area contributed by atoms with Gasteiger partial charge in [-0.2, -0.15) is 18.4 Å². The van der Waals surface area contributed by atoms with Gasteiger partial charge in [0.15, 0.2) is 0 Å². The second-order valence-electron chi connectivity index (χ2n) is 10.3. The fraction of sp³-hybridized carbons (Fsp3) is 0.294. The minimum Gasteiger partial charge on any atom is -0.368 e. The minimum absolute atomic E-state index is 0.121. The molecule has 1 saturated carbocycles. The number of amides is 1. The standard InChI is InChI=1S/C19H17FN2O2.C15H19F3N2/c20-17-8-7-16(9-18(17)22-12-23)19(24-11-14-1-2-14)15-5-3-13(10-21)4-6-15;1-3-5-13(15(16,17)18)8-11(2)20-14-7-4-6-12(9-14)10-19/h3-9,12,14,19H,1-2,11H2,(H,22,23);4-9,20H,3,10,19H2,1-2H3/b;11-8-,13-5-. The first-order chi connectivity index (χ1) is 21.1. The summed E-state index contributed by atoms with van der Waals surface area (Å²) >= 11 is 0. The number of rotatable bonds is 12. The van der Waals surface area contributed by atoms with Gasteiger partial charge in [-0.05, 0) is 91.3 Å². The van der Waals surface area contributed by atoms with E-state index in [1.54, 1.807) is 44.2 Å². The van der Waals surface area contributed by atoms with Crippen LogP contribution in [0.4, 0.5) is 28.9 Å². The monoisotopic (exact) mass is 608 g/mol. The summed E-state index contributed by atoms with van der Waals surface area (Å²) in [6.45, 7) is 4.30. The van der Waals surface area contributed by atoms with Gasteiger partial charge in [0.1, 0.15) is 11.9 Å². The smallest absolute Gasteiger partial charge is 0.368 e. The Hall–Kier alpha value is -4.46. The average Bonchev–Trinajstić information content (AvgIpc) is 3.83. The van der Waals surface area contributed by atoms with E-state index in [1.807, 2.05) is 30.3 Å². The number of nitrogens with one attached hydrogen (secondary N) is 2. The highest BCUT2D eigenvalue weighted by Gasteiger charge is 2.31.